The van der Waals surface area contributed by atoms with Crippen LogP contribution in [0.15, 0.2) is 48.8 Å². The Labute approximate surface area is 212 Å². The van der Waals surface area contributed by atoms with E-state index in [1.54, 1.807) is 12.1 Å². The number of carboxylic acid groups (broad SMARTS) is 2. The molecule has 2 fully saturated rings. The van der Waals surface area contributed by atoms with E-state index in [9.17, 15) is 30.7 Å². The van der Waals surface area contributed by atoms with E-state index in [0.29, 0.717) is 5.92 Å². The third kappa shape index (κ3) is 9.89. The Kier molecular flexibility index (Phi) is 10.6. The third-order valence-electron chi connectivity index (χ3n) is 5.94. The zero-order valence-corrected chi connectivity index (χ0v) is 19.8. The van der Waals surface area contributed by atoms with Gasteiger partial charge < -0.3 is 14.9 Å². The lowest BCUT2D eigenvalue weighted by atomic mass is 9.83. The van der Waals surface area contributed by atoms with Gasteiger partial charge in [-0.3, -0.25) is 9.88 Å². The van der Waals surface area contributed by atoms with Gasteiger partial charge in [0.15, 0.2) is 0 Å². The normalized spacial score (nSPS) is 19.1. The van der Waals surface area contributed by atoms with Crippen molar-refractivity contribution >= 4 is 11.9 Å². The predicted octanol–water partition coefficient (Wildman–Crippen LogP) is 5.03. The summed E-state index contributed by atoms with van der Waals surface area (Å²) in [6, 6.07) is 11.0. The van der Waals surface area contributed by atoms with Crippen molar-refractivity contribution in [1.29, 1.82) is 0 Å². The molecule has 2 aromatic rings. The molecule has 2 N–H and O–H groups in total. The summed E-state index contributed by atoms with van der Waals surface area (Å²) < 4.78 is 82.7. The summed E-state index contributed by atoms with van der Waals surface area (Å²) in [5, 5.41) is 14.2. The van der Waals surface area contributed by atoms with E-state index in [2.05, 4.69) is 16.0 Å². The molecule has 7 nitrogen and oxygen atoms in total. The van der Waals surface area contributed by atoms with Gasteiger partial charge in [0.05, 0.1) is 12.2 Å². The molecule has 4 rings (SSSR count). The lowest BCUT2D eigenvalue weighted by Crippen LogP contribution is -2.43. The molecule has 1 atom stereocenters. The molecule has 2 aliphatic rings. The van der Waals surface area contributed by atoms with E-state index >= 15 is 0 Å². The number of halogens is 7. The summed E-state index contributed by atoms with van der Waals surface area (Å²) >= 11 is 0. The van der Waals surface area contributed by atoms with Gasteiger partial charge in [0, 0.05) is 37.9 Å². The second kappa shape index (κ2) is 13.0. The molecule has 3 heterocycles. The van der Waals surface area contributed by atoms with E-state index in [1.165, 1.54) is 11.1 Å². The topological polar surface area (TPSA) is 100.0 Å². The summed E-state index contributed by atoms with van der Waals surface area (Å²) in [6.07, 6.45) is -3.13. The van der Waals surface area contributed by atoms with Crippen molar-refractivity contribution in [3.05, 3.63) is 65.7 Å². The molecule has 38 heavy (non-hydrogen) atoms. The summed E-state index contributed by atoms with van der Waals surface area (Å²) in [6.45, 7) is 3.78. The molecule has 14 heteroatoms. The molecule has 0 saturated carbocycles. The van der Waals surface area contributed by atoms with Crippen LogP contribution >= 0.6 is 0 Å². The molecule has 0 radical (unpaired) electrons. The van der Waals surface area contributed by atoms with Crippen molar-refractivity contribution in [2.24, 2.45) is 0 Å². The molecule has 0 bridgehead atoms. The molecule has 2 aliphatic heterocycles. The number of nitrogens with zero attached hydrogens (tertiary/aromatic N) is 2. The highest BCUT2D eigenvalue weighted by Gasteiger charge is 2.43. The van der Waals surface area contributed by atoms with E-state index in [-0.39, 0.29) is 11.4 Å². The van der Waals surface area contributed by atoms with Gasteiger partial charge in [0.25, 0.3) is 0 Å². The van der Waals surface area contributed by atoms with Gasteiger partial charge in [-0.05, 0) is 48.6 Å². The number of carbonyl (C=O) groups is 2. The fourth-order valence-electron chi connectivity index (χ4n) is 3.99. The fourth-order valence-corrected chi connectivity index (χ4v) is 3.99. The Morgan fingerprint density at radius 3 is 1.95 bits per heavy atom. The van der Waals surface area contributed by atoms with Gasteiger partial charge in [0.1, 0.15) is 5.82 Å². The van der Waals surface area contributed by atoms with Crippen molar-refractivity contribution in [1.82, 2.24) is 9.88 Å². The summed E-state index contributed by atoms with van der Waals surface area (Å²) in [7, 11) is 0. The first-order valence-corrected chi connectivity index (χ1v) is 11.2. The maximum Gasteiger partial charge on any atom is 0.490 e. The highest BCUT2D eigenvalue weighted by Crippen LogP contribution is 2.42. The first-order chi connectivity index (χ1) is 17.6. The number of piperidine rings is 1. The molecule has 0 aliphatic carbocycles. The lowest BCUT2D eigenvalue weighted by molar-refractivity contribution is -0.193. The number of rotatable bonds is 3. The smallest absolute Gasteiger partial charge is 0.475 e. The van der Waals surface area contributed by atoms with E-state index in [1.807, 2.05) is 30.6 Å². The van der Waals surface area contributed by atoms with Crippen LogP contribution in [0.25, 0.3) is 0 Å². The van der Waals surface area contributed by atoms with Crippen LogP contribution in [-0.2, 0) is 20.9 Å². The Bertz CT molecular complexity index is 1010. The van der Waals surface area contributed by atoms with E-state index in [4.69, 9.17) is 24.5 Å². The maximum atomic E-state index is 13.0. The highest BCUT2D eigenvalue weighted by molar-refractivity contribution is 5.73. The number of ether oxygens (including phenoxy) is 1. The second-order valence-electron chi connectivity index (χ2n) is 8.69. The standard InChI is InChI=1S/C20H23FN2O.2C2HF3O2/c21-19-5-3-16(4-6-19)14-23-10-7-20(8-11-23)12-18(15-24-20)17-2-1-9-22-13-17;2*3-2(4,5)1(6)7/h1-6,9,13,18H,7-8,10-12,14-15H2;2*(H,6,7). The van der Waals surface area contributed by atoms with Crippen LogP contribution in [0.4, 0.5) is 30.7 Å². The number of aliphatic carboxylic acids is 2. The highest BCUT2D eigenvalue weighted by atomic mass is 19.4. The predicted molar refractivity (Wildman–Crippen MR) is 119 cm³/mol. The van der Waals surface area contributed by atoms with Crippen molar-refractivity contribution in [2.45, 2.75) is 49.7 Å². The average molecular weight is 554 g/mol. The van der Waals surface area contributed by atoms with Crippen LogP contribution in [0.2, 0.25) is 0 Å². The van der Waals surface area contributed by atoms with Crippen LogP contribution < -0.4 is 0 Å². The Hall–Kier alpha value is -3.26. The maximum absolute atomic E-state index is 13.0. The van der Waals surface area contributed by atoms with Crippen molar-refractivity contribution in [3.8, 4) is 0 Å². The number of hydrogen-bond acceptors (Lipinski definition) is 5. The zero-order valence-electron chi connectivity index (χ0n) is 19.8. The second-order valence-corrected chi connectivity index (χ2v) is 8.69. The monoisotopic (exact) mass is 554 g/mol. The zero-order chi connectivity index (χ0) is 28.6. The van der Waals surface area contributed by atoms with Crippen molar-refractivity contribution < 1.29 is 55.3 Å². The molecule has 2 saturated heterocycles. The number of hydrogen-bond donors (Lipinski definition) is 2. The summed E-state index contributed by atoms with van der Waals surface area (Å²) in [5.41, 5.74) is 2.51. The number of pyridine rings is 1. The van der Waals surface area contributed by atoms with Crippen LogP contribution in [0.5, 0.6) is 0 Å². The molecular weight excluding hydrogens is 529 g/mol. The van der Waals surface area contributed by atoms with Gasteiger partial charge in [-0.25, -0.2) is 14.0 Å². The van der Waals surface area contributed by atoms with Crippen LogP contribution in [0.1, 0.15) is 36.3 Å². The van der Waals surface area contributed by atoms with Gasteiger partial charge >= 0.3 is 24.3 Å². The van der Waals surface area contributed by atoms with Crippen LogP contribution in [0, 0.1) is 5.82 Å². The van der Waals surface area contributed by atoms with Crippen molar-refractivity contribution in [3.63, 3.8) is 0 Å². The van der Waals surface area contributed by atoms with Crippen LogP contribution in [0.3, 0.4) is 0 Å². The Morgan fingerprint density at radius 2 is 1.50 bits per heavy atom. The quantitative estimate of drug-likeness (QED) is 0.514. The minimum atomic E-state index is -5.08. The minimum Gasteiger partial charge on any atom is -0.475 e. The molecule has 1 unspecified atom stereocenters. The number of likely N-dealkylation sites (tertiary alicyclic amines) is 1. The fraction of sp³-hybridized carbons (Fsp3) is 0.458. The average Bonchev–Trinajstić information content (AvgIpc) is 3.26. The first kappa shape index (κ1) is 31.0. The Morgan fingerprint density at radius 1 is 0.974 bits per heavy atom. The molecular formula is C24H25F7N2O5. The van der Waals surface area contributed by atoms with Crippen molar-refractivity contribution in [2.75, 3.05) is 19.7 Å². The van der Waals surface area contributed by atoms with Gasteiger partial charge in [-0.2, -0.15) is 26.3 Å². The number of alkyl halides is 6. The number of benzene rings is 1. The van der Waals surface area contributed by atoms with Gasteiger partial charge in [-0.1, -0.05) is 18.2 Å². The van der Waals surface area contributed by atoms with Gasteiger partial charge in [-0.15, -0.1) is 0 Å². The lowest BCUT2D eigenvalue weighted by Gasteiger charge is -2.38. The Balaban J connectivity index is 0.000000301. The minimum absolute atomic E-state index is 0.0415. The van der Waals surface area contributed by atoms with Crippen LogP contribution in [-0.4, -0.2) is 69.7 Å². The number of carboxylic acids is 2. The summed E-state index contributed by atoms with van der Waals surface area (Å²) in [5.74, 6) is -5.21. The van der Waals surface area contributed by atoms with Gasteiger partial charge in [0.2, 0.25) is 0 Å². The molecule has 1 aromatic heterocycles. The third-order valence-corrected chi connectivity index (χ3v) is 5.94. The largest absolute Gasteiger partial charge is 0.490 e. The summed E-state index contributed by atoms with van der Waals surface area (Å²) in [4.78, 5) is 24.5. The van der Waals surface area contributed by atoms with E-state index < -0.39 is 24.3 Å². The number of aromatic nitrogens is 1. The SMILES string of the molecule is Fc1ccc(CN2CCC3(CC2)CC(c2cccnc2)CO3)cc1.O=C(O)C(F)(F)F.O=C(O)C(F)(F)F. The molecule has 1 aromatic carbocycles. The molecule has 210 valence electrons. The molecule has 1 spiro atoms. The van der Waals surface area contributed by atoms with E-state index in [0.717, 1.165) is 45.5 Å². The first-order valence-electron chi connectivity index (χ1n) is 11.2. The molecule has 0 amide bonds.